The van der Waals surface area contributed by atoms with Gasteiger partial charge in [0.25, 0.3) is 12.3 Å². The Labute approximate surface area is 309 Å². The summed E-state index contributed by atoms with van der Waals surface area (Å²) in [5, 5.41) is 9.28. The molecule has 4 aromatic heterocycles. The molecule has 2 N–H and O–H groups in total. The van der Waals surface area contributed by atoms with Crippen LogP contribution in [0.4, 0.5) is 20.2 Å². The number of hydrogen-bond acceptors (Lipinski definition) is 8. The molecule has 284 valence electrons. The number of imidazole rings is 1. The van der Waals surface area contributed by atoms with Crippen molar-refractivity contribution >= 4 is 45.8 Å². The molecule has 0 bridgehead atoms. The summed E-state index contributed by atoms with van der Waals surface area (Å²) in [5.74, 6) is -0.799. The van der Waals surface area contributed by atoms with Crippen LogP contribution >= 0.6 is 0 Å². The highest BCUT2D eigenvalue weighted by Gasteiger charge is 2.34. The molecule has 6 heterocycles. The largest absolute Gasteiger partial charge is 0.370 e. The van der Waals surface area contributed by atoms with E-state index in [1.54, 1.807) is 51.4 Å². The molecule has 0 spiro atoms. The molecule has 2 saturated heterocycles. The van der Waals surface area contributed by atoms with Crippen LogP contribution in [0.5, 0.6) is 0 Å². The molecule has 16 heteroatoms. The Bertz CT molecular complexity index is 2280. The van der Waals surface area contributed by atoms with Crippen LogP contribution in [0.2, 0.25) is 0 Å². The molecule has 5 aromatic rings. The number of halogens is 2. The molecule has 14 nitrogen and oxygen atoms in total. The molecule has 3 aliphatic rings. The van der Waals surface area contributed by atoms with Gasteiger partial charge in [0.1, 0.15) is 11.7 Å². The first-order valence-electron chi connectivity index (χ1n) is 18.7. The van der Waals surface area contributed by atoms with Crippen molar-refractivity contribution in [3.63, 3.8) is 0 Å². The van der Waals surface area contributed by atoms with E-state index in [0.29, 0.717) is 35.1 Å². The van der Waals surface area contributed by atoms with E-state index in [1.807, 2.05) is 18.2 Å². The number of anilines is 2. The number of rotatable bonds is 9. The number of imide groups is 1. The fourth-order valence-electron chi connectivity index (χ4n) is 8.76. The van der Waals surface area contributed by atoms with Gasteiger partial charge in [0, 0.05) is 63.9 Å². The number of nitrogens with one attached hydrogen (secondary N) is 2. The Morgan fingerprint density at radius 1 is 1.02 bits per heavy atom. The topological polar surface area (TPSA) is 144 Å². The lowest BCUT2D eigenvalue weighted by molar-refractivity contribution is -0.135. The van der Waals surface area contributed by atoms with Crippen molar-refractivity contribution in [3.05, 3.63) is 76.9 Å². The van der Waals surface area contributed by atoms with Gasteiger partial charge in [-0.25, -0.2) is 18.6 Å². The zero-order valence-electron chi connectivity index (χ0n) is 30.3. The van der Waals surface area contributed by atoms with E-state index >= 15 is 0 Å². The number of fused-ring (bicyclic) bond motifs is 2. The predicted octanol–water partition coefficient (Wildman–Crippen LogP) is 4.68. The number of carbonyl (C=O) groups is 3. The van der Waals surface area contributed by atoms with Gasteiger partial charge in [0.05, 0.1) is 34.0 Å². The van der Waals surface area contributed by atoms with Gasteiger partial charge in [-0.3, -0.25) is 33.5 Å². The highest BCUT2D eigenvalue weighted by atomic mass is 19.3. The highest BCUT2D eigenvalue weighted by molar-refractivity contribution is 6.08. The van der Waals surface area contributed by atoms with Crippen LogP contribution in [0.3, 0.4) is 0 Å². The van der Waals surface area contributed by atoms with Crippen molar-refractivity contribution in [2.45, 2.75) is 75.9 Å². The second-order valence-electron chi connectivity index (χ2n) is 14.9. The van der Waals surface area contributed by atoms with Crippen LogP contribution in [0.25, 0.3) is 16.7 Å². The van der Waals surface area contributed by atoms with E-state index in [-0.39, 0.29) is 29.7 Å². The minimum Gasteiger partial charge on any atom is -0.370 e. The smallest absolute Gasteiger partial charge is 0.329 e. The van der Waals surface area contributed by atoms with Gasteiger partial charge in [-0.2, -0.15) is 5.10 Å². The number of aryl methyl sites for hydroxylation is 1. The van der Waals surface area contributed by atoms with Gasteiger partial charge in [0.2, 0.25) is 11.8 Å². The lowest BCUT2D eigenvalue weighted by atomic mass is 9.85. The summed E-state index contributed by atoms with van der Waals surface area (Å²) >= 11 is 0. The third-order valence-electron chi connectivity index (χ3n) is 11.6. The molecular formula is C38H44F2N10O4. The second-order valence-corrected chi connectivity index (χ2v) is 14.9. The third kappa shape index (κ3) is 6.56. The van der Waals surface area contributed by atoms with Crippen molar-refractivity contribution in [1.29, 1.82) is 0 Å². The predicted molar refractivity (Wildman–Crippen MR) is 198 cm³/mol. The summed E-state index contributed by atoms with van der Waals surface area (Å²) in [6, 6.07) is 8.82. The number of benzene rings is 1. The average Bonchev–Trinajstić information content (AvgIpc) is 3.87. The fourth-order valence-corrected chi connectivity index (χ4v) is 8.76. The Balaban J connectivity index is 0.868. The lowest BCUT2D eigenvalue weighted by Crippen LogP contribution is -2.45. The van der Waals surface area contributed by atoms with Crippen LogP contribution in [0.1, 0.15) is 85.9 Å². The minimum atomic E-state index is -2.83. The van der Waals surface area contributed by atoms with Crippen LogP contribution in [-0.2, 0) is 16.6 Å². The van der Waals surface area contributed by atoms with Crippen LogP contribution in [-0.4, -0.2) is 83.6 Å². The standard InChI is InChI=1S/C38H44F2N10O4/c1-45(24-13-18-47(19-14-24)28-5-3-6-29-33(28)46(2)38(54)50(29)30-11-12-31(51)43-37(30)53)21-23-7-9-25(10-8-23)49-22-27(32(44-49)34(39)40)42-36(52)26-15-20-48-17-4-16-41-35(26)48/h3-6,15-17,20,22-25,30,34H,7-14,18-19,21H2,1-2H3,(H,42,52)(H,43,51,53). The first-order valence-corrected chi connectivity index (χ1v) is 18.7. The number of nitrogens with zero attached hydrogens (tertiary/aromatic N) is 8. The van der Waals surface area contributed by atoms with E-state index in [2.05, 4.69) is 37.6 Å². The molecule has 2 aliphatic heterocycles. The third-order valence-corrected chi connectivity index (χ3v) is 11.6. The van der Waals surface area contributed by atoms with Crippen molar-refractivity contribution in [2.24, 2.45) is 13.0 Å². The number of hydrogen-bond donors (Lipinski definition) is 2. The number of carbonyl (C=O) groups excluding carboxylic acids is 3. The summed E-state index contributed by atoms with van der Waals surface area (Å²) in [6.45, 7) is 2.58. The summed E-state index contributed by atoms with van der Waals surface area (Å²) in [4.78, 5) is 60.0. The normalized spacial score (nSPS) is 21.4. The highest BCUT2D eigenvalue weighted by Crippen LogP contribution is 2.37. The van der Waals surface area contributed by atoms with Gasteiger partial charge in [-0.15, -0.1) is 0 Å². The van der Waals surface area contributed by atoms with Gasteiger partial charge in [0.15, 0.2) is 5.69 Å². The van der Waals surface area contributed by atoms with Crippen molar-refractivity contribution in [2.75, 3.05) is 36.9 Å². The molecule has 1 atom stereocenters. The van der Waals surface area contributed by atoms with Gasteiger partial charge in [-0.1, -0.05) is 6.07 Å². The number of aromatic nitrogens is 6. The zero-order valence-corrected chi connectivity index (χ0v) is 30.3. The number of piperidine rings is 2. The summed E-state index contributed by atoms with van der Waals surface area (Å²) < 4.78 is 34.6. The van der Waals surface area contributed by atoms with E-state index in [4.69, 9.17) is 0 Å². The molecule has 3 fully saturated rings. The van der Waals surface area contributed by atoms with E-state index < -0.39 is 30.0 Å². The summed E-state index contributed by atoms with van der Waals surface area (Å²) in [6.07, 6.45) is 9.66. The molecule has 3 amide bonds. The first-order chi connectivity index (χ1) is 26.1. The number of amides is 3. The number of alkyl halides is 2. The molecule has 1 saturated carbocycles. The summed E-state index contributed by atoms with van der Waals surface area (Å²) in [5.41, 5.74) is 2.49. The Kier molecular flexibility index (Phi) is 9.54. The number of para-hydroxylation sites is 1. The maximum absolute atomic E-state index is 14.1. The summed E-state index contributed by atoms with van der Waals surface area (Å²) in [7, 11) is 3.91. The van der Waals surface area contributed by atoms with Crippen molar-refractivity contribution < 1.29 is 23.2 Å². The maximum atomic E-state index is 14.1. The molecule has 8 rings (SSSR count). The van der Waals surface area contributed by atoms with Crippen molar-refractivity contribution in [1.82, 2.24) is 38.5 Å². The maximum Gasteiger partial charge on any atom is 0.329 e. The molecule has 0 radical (unpaired) electrons. The van der Waals surface area contributed by atoms with Gasteiger partial charge in [-0.05, 0) is 82.2 Å². The minimum absolute atomic E-state index is 0.0174. The van der Waals surface area contributed by atoms with Crippen molar-refractivity contribution in [3.8, 4) is 0 Å². The fraction of sp³-hybridized carbons (Fsp3) is 0.474. The molecule has 1 aliphatic carbocycles. The van der Waals surface area contributed by atoms with Crippen LogP contribution in [0, 0.1) is 5.92 Å². The molecular weight excluding hydrogens is 698 g/mol. The lowest BCUT2D eigenvalue weighted by Gasteiger charge is -2.40. The van der Waals surface area contributed by atoms with Gasteiger partial charge >= 0.3 is 5.69 Å². The van der Waals surface area contributed by atoms with Crippen LogP contribution < -0.4 is 21.2 Å². The Morgan fingerprint density at radius 3 is 2.54 bits per heavy atom. The Morgan fingerprint density at radius 2 is 1.80 bits per heavy atom. The Hall–Kier alpha value is -5.38. The quantitative estimate of drug-likeness (QED) is 0.207. The monoisotopic (exact) mass is 742 g/mol. The molecule has 1 unspecified atom stereocenters. The van der Waals surface area contributed by atoms with Crippen LogP contribution in [0.15, 0.2) is 59.9 Å². The van der Waals surface area contributed by atoms with E-state index in [1.165, 1.54) is 10.8 Å². The SMILES string of the molecule is CN(CC1CCC(n2cc(NC(=O)c3ccn4cccnc34)c(C(F)F)n2)CC1)C1CCN(c2cccc3c2n(C)c(=O)n3C2CCC(=O)NC2=O)CC1. The second kappa shape index (κ2) is 14.5. The molecule has 1 aromatic carbocycles. The molecule has 54 heavy (non-hydrogen) atoms. The van der Waals surface area contributed by atoms with E-state index in [9.17, 15) is 28.0 Å². The zero-order chi connectivity index (χ0) is 37.7. The van der Waals surface area contributed by atoms with Gasteiger partial charge < -0.3 is 19.5 Å². The van der Waals surface area contributed by atoms with E-state index in [0.717, 1.165) is 69.4 Å². The average molecular weight is 743 g/mol. The first kappa shape index (κ1) is 35.6.